The maximum Gasteiger partial charge on any atom is 0.235 e. The van der Waals surface area contributed by atoms with Crippen molar-refractivity contribution in [1.29, 1.82) is 0 Å². The summed E-state index contributed by atoms with van der Waals surface area (Å²) in [6.45, 7) is 4.52. The number of fused-ring (bicyclic) bond motifs is 1. The van der Waals surface area contributed by atoms with E-state index in [1.165, 1.54) is 5.56 Å². The van der Waals surface area contributed by atoms with Crippen molar-refractivity contribution in [2.75, 3.05) is 6.79 Å². The van der Waals surface area contributed by atoms with Crippen LogP contribution in [-0.2, 0) is 10.3 Å². The molecule has 0 N–H and O–H groups in total. The van der Waals surface area contributed by atoms with Crippen LogP contribution in [0.2, 0.25) is 0 Å². The minimum absolute atomic E-state index is 0.264. The highest BCUT2D eigenvalue weighted by Crippen LogP contribution is 2.53. The standard InChI is InChI=1S/C14H15NO3/c1-9(2)10-5-12-13(18-8-17-12)6-11(10)14(3-4-14)15-7-16/h5-6,9H,3-4,8H2,1-2H3. The second kappa shape index (κ2) is 3.85. The van der Waals surface area contributed by atoms with E-state index in [-0.39, 0.29) is 12.3 Å². The monoisotopic (exact) mass is 245 g/mol. The minimum Gasteiger partial charge on any atom is -0.454 e. The summed E-state index contributed by atoms with van der Waals surface area (Å²) in [6.07, 6.45) is 3.51. The van der Waals surface area contributed by atoms with Crippen molar-refractivity contribution >= 4 is 6.08 Å². The second-order valence-electron chi connectivity index (χ2n) is 5.18. The molecule has 1 aromatic rings. The van der Waals surface area contributed by atoms with E-state index in [2.05, 4.69) is 18.8 Å². The van der Waals surface area contributed by atoms with Gasteiger partial charge in [0.25, 0.3) is 0 Å². The van der Waals surface area contributed by atoms with Gasteiger partial charge < -0.3 is 9.47 Å². The molecule has 0 amide bonds. The highest BCUT2D eigenvalue weighted by Gasteiger charge is 2.47. The lowest BCUT2D eigenvalue weighted by molar-refractivity contribution is 0.174. The molecule has 3 rings (SSSR count). The lowest BCUT2D eigenvalue weighted by Gasteiger charge is -2.18. The zero-order valence-corrected chi connectivity index (χ0v) is 10.5. The van der Waals surface area contributed by atoms with E-state index in [1.54, 1.807) is 6.08 Å². The third-order valence-electron chi connectivity index (χ3n) is 3.65. The number of rotatable bonds is 3. The van der Waals surface area contributed by atoms with E-state index in [4.69, 9.17) is 9.47 Å². The van der Waals surface area contributed by atoms with Gasteiger partial charge in [-0.3, -0.25) is 0 Å². The van der Waals surface area contributed by atoms with Gasteiger partial charge in [0.2, 0.25) is 12.9 Å². The van der Waals surface area contributed by atoms with E-state index in [0.717, 1.165) is 29.9 Å². The fourth-order valence-electron chi connectivity index (χ4n) is 2.49. The topological polar surface area (TPSA) is 47.9 Å². The molecule has 1 heterocycles. The Morgan fingerprint density at radius 1 is 1.28 bits per heavy atom. The van der Waals surface area contributed by atoms with Crippen molar-refractivity contribution in [3.8, 4) is 11.5 Å². The molecule has 1 aliphatic carbocycles. The quantitative estimate of drug-likeness (QED) is 0.607. The fourth-order valence-corrected chi connectivity index (χ4v) is 2.49. The first kappa shape index (κ1) is 11.3. The molecule has 2 aliphatic rings. The number of benzene rings is 1. The molecule has 0 saturated heterocycles. The van der Waals surface area contributed by atoms with Crippen molar-refractivity contribution in [1.82, 2.24) is 0 Å². The average Bonchev–Trinajstić information content (AvgIpc) is 2.98. The maximum absolute atomic E-state index is 10.6. The number of isocyanates is 1. The third-order valence-corrected chi connectivity index (χ3v) is 3.65. The molecule has 0 spiro atoms. The number of nitrogens with zero attached hydrogens (tertiary/aromatic N) is 1. The van der Waals surface area contributed by atoms with Gasteiger partial charge in [0.1, 0.15) is 0 Å². The Labute approximate surface area is 106 Å². The molecule has 4 heteroatoms. The molecule has 0 atom stereocenters. The molecule has 1 saturated carbocycles. The molecule has 1 aromatic carbocycles. The normalized spacial score (nSPS) is 18.6. The Morgan fingerprint density at radius 2 is 1.94 bits per heavy atom. The summed E-state index contributed by atoms with van der Waals surface area (Å²) < 4.78 is 10.8. The van der Waals surface area contributed by atoms with Gasteiger partial charge >= 0.3 is 0 Å². The molecule has 94 valence electrons. The summed E-state index contributed by atoms with van der Waals surface area (Å²) in [5.74, 6) is 1.89. The van der Waals surface area contributed by atoms with Gasteiger partial charge in [-0.1, -0.05) is 13.8 Å². The van der Waals surface area contributed by atoms with Crippen molar-refractivity contribution in [2.45, 2.75) is 38.1 Å². The summed E-state index contributed by atoms with van der Waals surface area (Å²) in [5, 5.41) is 0. The van der Waals surface area contributed by atoms with Crippen molar-refractivity contribution in [2.24, 2.45) is 4.99 Å². The highest BCUT2D eigenvalue weighted by molar-refractivity contribution is 5.54. The molecule has 18 heavy (non-hydrogen) atoms. The Bertz CT molecular complexity index is 540. The van der Waals surface area contributed by atoms with Crippen LogP contribution in [0.3, 0.4) is 0 Å². The molecule has 0 bridgehead atoms. The van der Waals surface area contributed by atoms with E-state index in [9.17, 15) is 4.79 Å². The van der Waals surface area contributed by atoms with Crippen molar-refractivity contribution < 1.29 is 14.3 Å². The van der Waals surface area contributed by atoms with E-state index < -0.39 is 0 Å². The first-order valence-corrected chi connectivity index (χ1v) is 6.19. The fraction of sp³-hybridized carbons (Fsp3) is 0.500. The lowest BCUT2D eigenvalue weighted by atomic mass is 9.91. The van der Waals surface area contributed by atoms with E-state index in [0.29, 0.717) is 5.92 Å². The first-order valence-electron chi connectivity index (χ1n) is 6.19. The first-order chi connectivity index (χ1) is 8.66. The van der Waals surface area contributed by atoms with Crippen LogP contribution in [0.4, 0.5) is 0 Å². The lowest BCUT2D eigenvalue weighted by Crippen LogP contribution is -2.08. The summed E-state index contributed by atoms with van der Waals surface area (Å²) in [7, 11) is 0. The third kappa shape index (κ3) is 1.61. The molecule has 0 radical (unpaired) electrons. The van der Waals surface area contributed by atoms with Gasteiger partial charge in [0.05, 0.1) is 5.54 Å². The smallest absolute Gasteiger partial charge is 0.235 e. The van der Waals surface area contributed by atoms with Crippen LogP contribution in [0.25, 0.3) is 0 Å². The van der Waals surface area contributed by atoms with Gasteiger partial charge in [-0.2, -0.15) is 4.99 Å². The Morgan fingerprint density at radius 3 is 2.50 bits per heavy atom. The predicted molar refractivity (Wildman–Crippen MR) is 65.7 cm³/mol. The number of hydrogen-bond donors (Lipinski definition) is 0. The number of hydrogen-bond acceptors (Lipinski definition) is 4. The predicted octanol–water partition coefficient (Wildman–Crippen LogP) is 2.86. The van der Waals surface area contributed by atoms with Gasteiger partial charge in [0.15, 0.2) is 11.5 Å². The van der Waals surface area contributed by atoms with Crippen molar-refractivity contribution in [3.63, 3.8) is 0 Å². The molecular weight excluding hydrogens is 230 g/mol. The summed E-state index contributed by atoms with van der Waals surface area (Å²) in [5.41, 5.74) is 1.91. The molecule has 1 fully saturated rings. The summed E-state index contributed by atoms with van der Waals surface area (Å²) in [4.78, 5) is 14.6. The highest BCUT2D eigenvalue weighted by atomic mass is 16.7. The zero-order chi connectivity index (χ0) is 12.8. The molecular formula is C14H15NO3. The molecule has 0 aromatic heterocycles. The Kier molecular flexibility index (Phi) is 2.42. The van der Waals surface area contributed by atoms with Crippen LogP contribution < -0.4 is 9.47 Å². The van der Waals surface area contributed by atoms with Gasteiger partial charge in [-0.15, -0.1) is 0 Å². The summed E-state index contributed by atoms with van der Waals surface area (Å²) in [6, 6.07) is 3.99. The number of ether oxygens (including phenoxy) is 2. The van der Waals surface area contributed by atoms with Crippen molar-refractivity contribution in [3.05, 3.63) is 23.3 Å². The van der Waals surface area contributed by atoms with Crippen LogP contribution in [0.1, 0.15) is 43.7 Å². The van der Waals surface area contributed by atoms with E-state index in [1.807, 2.05) is 12.1 Å². The maximum atomic E-state index is 10.6. The van der Waals surface area contributed by atoms with Crippen LogP contribution in [0, 0.1) is 0 Å². The van der Waals surface area contributed by atoms with Gasteiger partial charge in [-0.05, 0) is 42.0 Å². The molecule has 0 unspecified atom stereocenters. The zero-order valence-electron chi connectivity index (χ0n) is 10.5. The average molecular weight is 245 g/mol. The van der Waals surface area contributed by atoms with Crippen LogP contribution in [0.5, 0.6) is 11.5 Å². The van der Waals surface area contributed by atoms with Crippen LogP contribution in [-0.4, -0.2) is 12.9 Å². The number of carbonyl (C=O) groups excluding carboxylic acids is 1. The van der Waals surface area contributed by atoms with Crippen LogP contribution >= 0.6 is 0 Å². The Hall–Kier alpha value is -1.80. The molecule has 4 nitrogen and oxygen atoms in total. The largest absolute Gasteiger partial charge is 0.454 e. The Balaban J connectivity index is 2.15. The summed E-state index contributed by atoms with van der Waals surface area (Å²) >= 11 is 0. The minimum atomic E-state index is -0.359. The second-order valence-corrected chi connectivity index (χ2v) is 5.18. The van der Waals surface area contributed by atoms with Gasteiger partial charge in [-0.25, -0.2) is 4.79 Å². The van der Waals surface area contributed by atoms with Gasteiger partial charge in [0, 0.05) is 0 Å². The number of aliphatic imine (C=N–C) groups is 1. The van der Waals surface area contributed by atoms with E-state index >= 15 is 0 Å². The molecule has 1 aliphatic heterocycles. The van der Waals surface area contributed by atoms with Crippen LogP contribution in [0.15, 0.2) is 17.1 Å². The SMILES string of the molecule is CC(C)c1cc2c(cc1C1(N=C=O)CC1)OCO2.